The van der Waals surface area contributed by atoms with Crippen molar-refractivity contribution in [2.75, 3.05) is 0 Å². The molecule has 1 fully saturated rings. The molecule has 0 aromatic carbocycles. The van der Waals surface area contributed by atoms with Crippen LogP contribution in [-0.4, -0.2) is 23.3 Å². The number of hydrogen-bond donors (Lipinski definition) is 1. The third kappa shape index (κ3) is 3.11. The summed E-state index contributed by atoms with van der Waals surface area (Å²) in [4.78, 5) is 4.32. The highest BCUT2D eigenvalue weighted by Crippen LogP contribution is 2.36. The lowest BCUT2D eigenvalue weighted by molar-refractivity contribution is 0.00578. The highest BCUT2D eigenvalue weighted by atomic mass is 16.7. The first-order valence-electron chi connectivity index (χ1n) is 6.97. The van der Waals surface area contributed by atoms with Crippen molar-refractivity contribution >= 4 is 13.2 Å². The molecule has 1 atom stereocenters. The minimum atomic E-state index is -0.326. The fourth-order valence-electron chi connectivity index (χ4n) is 1.94. The maximum atomic E-state index is 5.90. The molecule has 1 aromatic heterocycles. The Labute approximate surface area is 121 Å². The van der Waals surface area contributed by atoms with Crippen LogP contribution in [0.25, 0.3) is 6.08 Å². The molecule has 2 heterocycles. The Morgan fingerprint density at radius 3 is 2.25 bits per heavy atom. The second-order valence-electron chi connectivity index (χ2n) is 6.29. The van der Waals surface area contributed by atoms with Gasteiger partial charge in [-0.1, -0.05) is 18.1 Å². The SMILES string of the molecule is C[C@H](N)c1ccc(/C=C/B2OC(C)(C)C(C)(C)O2)cn1. The Balaban J connectivity index is 2.04. The molecule has 108 valence electrons. The summed E-state index contributed by atoms with van der Waals surface area (Å²) in [6.07, 6.45) is 3.76. The average Bonchev–Trinajstić information content (AvgIpc) is 2.56. The van der Waals surface area contributed by atoms with Crippen LogP contribution in [0.2, 0.25) is 0 Å². The van der Waals surface area contributed by atoms with Crippen molar-refractivity contribution in [3.05, 3.63) is 35.6 Å². The first-order chi connectivity index (χ1) is 9.21. The fourth-order valence-corrected chi connectivity index (χ4v) is 1.94. The number of nitrogens with zero attached hydrogens (tertiary/aromatic N) is 1. The molecule has 1 aliphatic rings. The number of pyridine rings is 1. The lowest BCUT2D eigenvalue weighted by Crippen LogP contribution is -2.41. The highest BCUT2D eigenvalue weighted by molar-refractivity contribution is 6.52. The maximum Gasteiger partial charge on any atom is 0.487 e. The third-order valence-electron chi connectivity index (χ3n) is 3.99. The molecule has 4 nitrogen and oxygen atoms in total. The van der Waals surface area contributed by atoms with Gasteiger partial charge in [0.05, 0.1) is 16.9 Å². The zero-order valence-electron chi connectivity index (χ0n) is 12.9. The van der Waals surface area contributed by atoms with Crippen LogP contribution >= 0.6 is 0 Å². The van der Waals surface area contributed by atoms with Gasteiger partial charge in [-0.15, -0.1) is 0 Å². The monoisotopic (exact) mass is 274 g/mol. The van der Waals surface area contributed by atoms with Gasteiger partial charge in [0.2, 0.25) is 0 Å². The van der Waals surface area contributed by atoms with E-state index < -0.39 is 0 Å². The van der Waals surface area contributed by atoms with Crippen molar-refractivity contribution in [3.8, 4) is 0 Å². The van der Waals surface area contributed by atoms with E-state index in [1.807, 2.05) is 58.8 Å². The lowest BCUT2D eigenvalue weighted by Gasteiger charge is -2.32. The molecule has 0 saturated carbocycles. The van der Waals surface area contributed by atoms with Crippen LogP contribution in [0.3, 0.4) is 0 Å². The first kappa shape index (κ1) is 15.2. The van der Waals surface area contributed by atoms with Gasteiger partial charge in [0.25, 0.3) is 0 Å². The van der Waals surface area contributed by atoms with Gasteiger partial charge in [-0.3, -0.25) is 4.98 Å². The van der Waals surface area contributed by atoms with Crippen LogP contribution in [0.5, 0.6) is 0 Å². The summed E-state index contributed by atoms with van der Waals surface area (Å²) in [6.45, 7) is 10.1. The van der Waals surface area contributed by atoms with Gasteiger partial charge in [0.1, 0.15) is 0 Å². The Morgan fingerprint density at radius 1 is 1.20 bits per heavy atom. The van der Waals surface area contributed by atoms with Crippen molar-refractivity contribution in [3.63, 3.8) is 0 Å². The smallest absolute Gasteiger partial charge is 0.400 e. The van der Waals surface area contributed by atoms with Crippen molar-refractivity contribution < 1.29 is 9.31 Å². The molecule has 20 heavy (non-hydrogen) atoms. The zero-order valence-corrected chi connectivity index (χ0v) is 12.9. The fraction of sp³-hybridized carbons (Fsp3) is 0.533. The van der Waals surface area contributed by atoms with E-state index in [-0.39, 0.29) is 24.4 Å². The van der Waals surface area contributed by atoms with E-state index in [2.05, 4.69) is 4.98 Å². The molecule has 2 N–H and O–H groups in total. The standard InChI is InChI=1S/C15H23BN2O2/c1-11(17)13-7-6-12(10-18-13)8-9-16-19-14(2,3)15(4,5)20-16/h6-11H,17H2,1-5H3/b9-8+/t11-/m0/s1. The predicted octanol–water partition coefficient (Wildman–Crippen LogP) is 2.75. The topological polar surface area (TPSA) is 57.4 Å². The lowest BCUT2D eigenvalue weighted by atomic mass is 9.89. The van der Waals surface area contributed by atoms with Crippen molar-refractivity contribution in [1.82, 2.24) is 4.98 Å². The van der Waals surface area contributed by atoms with Crippen LogP contribution in [0.15, 0.2) is 24.3 Å². The first-order valence-corrected chi connectivity index (χ1v) is 6.97. The second kappa shape index (κ2) is 5.32. The molecule has 0 unspecified atom stereocenters. The summed E-state index contributed by atoms with van der Waals surface area (Å²) in [7, 11) is -0.326. The van der Waals surface area contributed by atoms with E-state index >= 15 is 0 Å². The van der Waals surface area contributed by atoms with Crippen LogP contribution < -0.4 is 5.73 Å². The quantitative estimate of drug-likeness (QED) is 0.861. The molecule has 2 rings (SSSR count). The molecule has 0 amide bonds. The van der Waals surface area contributed by atoms with Gasteiger partial charge >= 0.3 is 7.12 Å². The van der Waals surface area contributed by atoms with Crippen LogP contribution in [-0.2, 0) is 9.31 Å². The molecule has 1 aliphatic heterocycles. The summed E-state index contributed by atoms with van der Waals surface area (Å²) < 4.78 is 11.8. The van der Waals surface area contributed by atoms with E-state index in [1.165, 1.54) is 0 Å². The van der Waals surface area contributed by atoms with E-state index in [0.717, 1.165) is 11.3 Å². The Morgan fingerprint density at radius 2 is 1.80 bits per heavy atom. The van der Waals surface area contributed by atoms with Gasteiger partial charge in [-0.05, 0) is 46.2 Å². The van der Waals surface area contributed by atoms with E-state index in [0.29, 0.717) is 0 Å². The zero-order chi connectivity index (χ0) is 15.0. The van der Waals surface area contributed by atoms with Gasteiger partial charge in [-0.2, -0.15) is 0 Å². The van der Waals surface area contributed by atoms with Gasteiger partial charge in [0, 0.05) is 12.2 Å². The Hall–Kier alpha value is -1.17. The summed E-state index contributed by atoms with van der Waals surface area (Å²) in [5.41, 5.74) is 7.05. The summed E-state index contributed by atoms with van der Waals surface area (Å²) >= 11 is 0. The normalized spacial score (nSPS) is 22.4. The van der Waals surface area contributed by atoms with Crippen LogP contribution in [0, 0.1) is 0 Å². The third-order valence-corrected chi connectivity index (χ3v) is 3.99. The van der Waals surface area contributed by atoms with Gasteiger partial charge < -0.3 is 15.0 Å². The second-order valence-corrected chi connectivity index (χ2v) is 6.29. The highest BCUT2D eigenvalue weighted by Gasteiger charge is 2.49. The molecular weight excluding hydrogens is 251 g/mol. The molecule has 1 saturated heterocycles. The predicted molar refractivity (Wildman–Crippen MR) is 82.0 cm³/mol. The summed E-state index contributed by atoms with van der Waals surface area (Å²) in [6, 6.07) is 3.89. The van der Waals surface area contributed by atoms with Crippen molar-refractivity contribution in [2.24, 2.45) is 5.73 Å². The van der Waals surface area contributed by atoms with E-state index in [9.17, 15) is 0 Å². The number of nitrogens with two attached hydrogens (primary N) is 1. The molecule has 5 heteroatoms. The average molecular weight is 274 g/mol. The minimum Gasteiger partial charge on any atom is -0.400 e. The Kier molecular flexibility index (Phi) is 4.05. The molecule has 0 bridgehead atoms. The largest absolute Gasteiger partial charge is 0.487 e. The van der Waals surface area contributed by atoms with E-state index in [1.54, 1.807) is 6.20 Å². The van der Waals surface area contributed by atoms with Crippen LogP contribution in [0.1, 0.15) is 51.9 Å². The number of aromatic nitrogens is 1. The molecule has 0 aliphatic carbocycles. The maximum absolute atomic E-state index is 5.90. The van der Waals surface area contributed by atoms with Gasteiger partial charge in [0.15, 0.2) is 0 Å². The van der Waals surface area contributed by atoms with Gasteiger partial charge in [-0.25, -0.2) is 0 Å². The minimum absolute atomic E-state index is 0.0453. The molecule has 0 radical (unpaired) electrons. The Bertz CT molecular complexity index is 479. The summed E-state index contributed by atoms with van der Waals surface area (Å²) in [5, 5.41) is 0. The number of hydrogen-bond acceptors (Lipinski definition) is 4. The molecular formula is C15H23BN2O2. The summed E-state index contributed by atoms with van der Waals surface area (Å²) in [5.74, 6) is 1.92. The molecule has 1 aromatic rings. The van der Waals surface area contributed by atoms with E-state index in [4.69, 9.17) is 15.0 Å². The van der Waals surface area contributed by atoms with Crippen molar-refractivity contribution in [1.29, 1.82) is 0 Å². The van der Waals surface area contributed by atoms with Crippen LogP contribution in [0.4, 0.5) is 0 Å². The number of rotatable bonds is 3. The van der Waals surface area contributed by atoms with Crippen molar-refractivity contribution in [2.45, 2.75) is 51.9 Å². The molecule has 0 spiro atoms.